The molecule has 0 aliphatic heterocycles. The number of ketones is 1. The minimum Gasteiger partial charge on any atom is -0.342 e. The zero-order valence-electron chi connectivity index (χ0n) is 16.6. The summed E-state index contributed by atoms with van der Waals surface area (Å²) in [5.41, 5.74) is 4.09. The number of Topliss-reactive ketones (excluding diaryl/α,β-unsaturated/α-hetero) is 1. The van der Waals surface area contributed by atoms with Crippen molar-refractivity contribution >= 4 is 11.7 Å². The zero-order chi connectivity index (χ0) is 20.8. The molecular formula is C24H23FN2O2. The second-order valence-corrected chi connectivity index (χ2v) is 6.89. The molecule has 0 bridgehead atoms. The molecule has 1 amide bonds. The molecule has 0 saturated carbocycles. The van der Waals surface area contributed by atoms with Crippen molar-refractivity contribution in [3.8, 4) is 11.1 Å². The van der Waals surface area contributed by atoms with Gasteiger partial charge in [0.25, 0.3) is 5.91 Å². The second-order valence-electron chi connectivity index (χ2n) is 6.89. The normalized spacial score (nSPS) is 10.6. The van der Waals surface area contributed by atoms with Crippen LogP contribution in [0.1, 0.15) is 39.6 Å². The van der Waals surface area contributed by atoms with E-state index in [4.69, 9.17) is 0 Å². The van der Waals surface area contributed by atoms with Gasteiger partial charge in [-0.15, -0.1) is 0 Å². The monoisotopic (exact) mass is 390 g/mol. The lowest BCUT2D eigenvalue weighted by Crippen LogP contribution is -2.26. The number of hydrogen-bond donors (Lipinski definition) is 0. The standard InChI is InChI=1S/C24H23FN2O2/c1-3-27(2)24(29)21-12-8-19(9-13-21)18-6-10-20(11-7-18)22(28)14-4-17-5-15-23(25)26-16-17/h5-13,15-16H,3-4,14H2,1-2H3. The van der Waals surface area contributed by atoms with Crippen molar-refractivity contribution in [2.75, 3.05) is 13.6 Å². The summed E-state index contributed by atoms with van der Waals surface area (Å²) in [6.45, 7) is 2.60. The summed E-state index contributed by atoms with van der Waals surface area (Å²) >= 11 is 0. The van der Waals surface area contributed by atoms with E-state index in [1.807, 2.05) is 55.5 Å². The van der Waals surface area contributed by atoms with Crippen LogP contribution in [0.5, 0.6) is 0 Å². The van der Waals surface area contributed by atoms with Crippen LogP contribution in [-0.4, -0.2) is 35.2 Å². The fraction of sp³-hybridized carbons (Fsp3) is 0.208. The average molecular weight is 390 g/mol. The molecule has 2 aromatic carbocycles. The molecule has 0 atom stereocenters. The summed E-state index contributed by atoms with van der Waals surface area (Å²) in [6, 6.07) is 17.8. The van der Waals surface area contributed by atoms with Crippen LogP contribution in [0.15, 0.2) is 66.9 Å². The number of amides is 1. The van der Waals surface area contributed by atoms with Crippen LogP contribution < -0.4 is 0 Å². The Balaban J connectivity index is 1.64. The second kappa shape index (κ2) is 9.24. The summed E-state index contributed by atoms with van der Waals surface area (Å²) in [7, 11) is 1.78. The van der Waals surface area contributed by atoms with E-state index in [1.54, 1.807) is 18.0 Å². The number of nitrogens with zero attached hydrogens (tertiary/aromatic N) is 2. The first-order valence-corrected chi connectivity index (χ1v) is 9.57. The SMILES string of the molecule is CCN(C)C(=O)c1ccc(-c2ccc(C(=O)CCc3ccc(F)nc3)cc2)cc1. The lowest BCUT2D eigenvalue weighted by atomic mass is 9.99. The maximum atomic E-state index is 12.8. The lowest BCUT2D eigenvalue weighted by Gasteiger charge is -2.14. The molecule has 1 aromatic heterocycles. The Bertz CT molecular complexity index is 981. The molecule has 4 nitrogen and oxygen atoms in total. The smallest absolute Gasteiger partial charge is 0.253 e. The van der Waals surface area contributed by atoms with Crippen molar-refractivity contribution in [2.45, 2.75) is 19.8 Å². The summed E-state index contributed by atoms with van der Waals surface area (Å²) in [5, 5.41) is 0. The number of hydrogen-bond acceptors (Lipinski definition) is 3. The Labute approximate surface area is 170 Å². The number of carbonyl (C=O) groups is 2. The van der Waals surface area contributed by atoms with Crippen LogP contribution in [0.2, 0.25) is 0 Å². The van der Waals surface area contributed by atoms with E-state index in [0.29, 0.717) is 30.5 Å². The minimum atomic E-state index is -0.523. The Kier molecular flexibility index (Phi) is 6.50. The predicted molar refractivity (Wildman–Crippen MR) is 111 cm³/mol. The van der Waals surface area contributed by atoms with E-state index in [9.17, 15) is 14.0 Å². The Morgan fingerprint density at radius 1 is 0.897 bits per heavy atom. The van der Waals surface area contributed by atoms with Gasteiger partial charge in [-0.1, -0.05) is 42.5 Å². The summed E-state index contributed by atoms with van der Waals surface area (Å²) < 4.78 is 12.8. The molecule has 0 unspecified atom stereocenters. The Hall–Kier alpha value is -3.34. The first-order valence-electron chi connectivity index (χ1n) is 9.57. The predicted octanol–water partition coefficient (Wildman–Crippen LogP) is 4.80. The maximum Gasteiger partial charge on any atom is 0.253 e. The molecule has 3 rings (SSSR count). The Morgan fingerprint density at radius 3 is 2.00 bits per heavy atom. The molecule has 0 aliphatic rings. The molecule has 0 N–H and O–H groups in total. The molecule has 29 heavy (non-hydrogen) atoms. The highest BCUT2D eigenvalue weighted by Crippen LogP contribution is 2.21. The van der Waals surface area contributed by atoms with Crippen LogP contribution >= 0.6 is 0 Å². The van der Waals surface area contributed by atoms with Gasteiger partial charge >= 0.3 is 0 Å². The third-order valence-electron chi connectivity index (χ3n) is 4.92. The van der Waals surface area contributed by atoms with Gasteiger partial charge in [0.2, 0.25) is 5.95 Å². The first-order chi connectivity index (χ1) is 14.0. The number of carbonyl (C=O) groups excluding carboxylic acids is 2. The topological polar surface area (TPSA) is 50.3 Å². The number of halogens is 1. The largest absolute Gasteiger partial charge is 0.342 e. The van der Waals surface area contributed by atoms with Crippen molar-refractivity contribution in [1.29, 1.82) is 0 Å². The zero-order valence-corrected chi connectivity index (χ0v) is 16.6. The molecule has 0 aliphatic carbocycles. The molecule has 3 aromatic rings. The fourth-order valence-electron chi connectivity index (χ4n) is 2.97. The van der Waals surface area contributed by atoms with Crippen LogP contribution in [-0.2, 0) is 6.42 Å². The minimum absolute atomic E-state index is 0.00338. The van der Waals surface area contributed by atoms with E-state index in [2.05, 4.69) is 4.98 Å². The number of aryl methyl sites for hydroxylation is 1. The number of aromatic nitrogens is 1. The van der Waals surface area contributed by atoms with Gasteiger partial charge in [0.15, 0.2) is 5.78 Å². The molecule has 148 valence electrons. The highest BCUT2D eigenvalue weighted by molar-refractivity contribution is 5.97. The van der Waals surface area contributed by atoms with Crippen LogP contribution in [0.25, 0.3) is 11.1 Å². The van der Waals surface area contributed by atoms with Crippen molar-refractivity contribution < 1.29 is 14.0 Å². The summed E-state index contributed by atoms with van der Waals surface area (Å²) in [6.07, 6.45) is 2.32. The highest BCUT2D eigenvalue weighted by atomic mass is 19.1. The fourth-order valence-corrected chi connectivity index (χ4v) is 2.97. The van der Waals surface area contributed by atoms with Crippen molar-refractivity contribution in [3.63, 3.8) is 0 Å². The van der Waals surface area contributed by atoms with Crippen LogP contribution in [0.4, 0.5) is 4.39 Å². The van der Waals surface area contributed by atoms with Crippen molar-refractivity contribution in [1.82, 2.24) is 9.88 Å². The summed E-state index contributed by atoms with van der Waals surface area (Å²) in [5.74, 6) is -0.494. The highest BCUT2D eigenvalue weighted by Gasteiger charge is 2.11. The number of pyridine rings is 1. The van der Waals surface area contributed by atoms with Gasteiger partial charge in [-0.2, -0.15) is 4.39 Å². The van der Waals surface area contributed by atoms with E-state index in [0.717, 1.165) is 16.7 Å². The van der Waals surface area contributed by atoms with Gasteiger partial charge in [-0.05, 0) is 48.2 Å². The van der Waals surface area contributed by atoms with Gasteiger partial charge in [0.1, 0.15) is 0 Å². The van der Waals surface area contributed by atoms with E-state index in [-0.39, 0.29) is 11.7 Å². The first kappa shape index (κ1) is 20.4. The van der Waals surface area contributed by atoms with Crippen molar-refractivity contribution in [3.05, 3.63) is 89.5 Å². The van der Waals surface area contributed by atoms with Gasteiger partial charge in [0, 0.05) is 37.3 Å². The summed E-state index contributed by atoms with van der Waals surface area (Å²) in [4.78, 5) is 29.9. The van der Waals surface area contributed by atoms with Gasteiger partial charge in [-0.25, -0.2) is 4.98 Å². The maximum absolute atomic E-state index is 12.8. The third kappa shape index (κ3) is 5.13. The third-order valence-corrected chi connectivity index (χ3v) is 4.92. The molecular weight excluding hydrogens is 367 g/mol. The van der Waals surface area contributed by atoms with Gasteiger partial charge in [0.05, 0.1) is 0 Å². The number of benzene rings is 2. The van der Waals surface area contributed by atoms with E-state index < -0.39 is 5.95 Å². The van der Waals surface area contributed by atoms with E-state index in [1.165, 1.54) is 12.3 Å². The number of rotatable bonds is 7. The molecule has 5 heteroatoms. The molecule has 1 heterocycles. The van der Waals surface area contributed by atoms with Crippen LogP contribution in [0, 0.1) is 5.95 Å². The van der Waals surface area contributed by atoms with Crippen LogP contribution in [0.3, 0.4) is 0 Å². The molecule has 0 saturated heterocycles. The van der Waals surface area contributed by atoms with Crippen molar-refractivity contribution in [2.24, 2.45) is 0 Å². The Morgan fingerprint density at radius 2 is 1.48 bits per heavy atom. The lowest BCUT2D eigenvalue weighted by molar-refractivity contribution is 0.0802. The molecule has 0 fully saturated rings. The van der Waals surface area contributed by atoms with Gasteiger partial charge in [-0.3, -0.25) is 9.59 Å². The molecule has 0 radical (unpaired) electrons. The van der Waals surface area contributed by atoms with Gasteiger partial charge < -0.3 is 4.90 Å². The van der Waals surface area contributed by atoms with E-state index >= 15 is 0 Å². The molecule has 0 spiro atoms. The quantitative estimate of drug-likeness (QED) is 0.430. The average Bonchev–Trinajstić information content (AvgIpc) is 2.77.